The first kappa shape index (κ1) is 30.7. The van der Waals surface area contributed by atoms with Crippen LogP contribution in [0, 0.1) is 0 Å². The second kappa shape index (κ2) is 14.4. The Hall–Kier alpha value is -4.50. The number of carboxylic acids is 3. The molecule has 2 aromatic rings. The van der Waals surface area contributed by atoms with Crippen LogP contribution in [0.1, 0.15) is 31.2 Å². The van der Waals surface area contributed by atoms with Crippen molar-refractivity contribution in [3.63, 3.8) is 0 Å². The van der Waals surface area contributed by atoms with Crippen LogP contribution in [-0.2, 0) is 35.2 Å². The number of aromatic amines is 1. The highest BCUT2D eigenvalue weighted by molar-refractivity contribution is 5.94. The third-order valence-electron chi connectivity index (χ3n) is 5.81. The first-order chi connectivity index (χ1) is 18.4. The molecule has 1 aromatic carbocycles. The topological polar surface area (TPSA) is 261 Å². The third-order valence-corrected chi connectivity index (χ3v) is 5.81. The number of nitrogens with one attached hydrogen (secondary N) is 4. The summed E-state index contributed by atoms with van der Waals surface area (Å²) < 4.78 is 0. The van der Waals surface area contributed by atoms with Crippen molar-refractivity contribution in [1.82, 2.24) is 20.9 Å². The normalized spacial score (nSPS) is 14.0. The Kier molecular flexibility index (Phi) is 11.4. The van der Waals surface area contributed by atoms with Crippen molar-refractivity contribution in [2.24, 2.45) is 5.73 Å². The Bertz CT molecular complexity index is 1210. The van der Waals surface area contributed by atoms with E-state index in [9.17, 15) is 39.0 Å². The van der Waals surface area contributed by atoms with Gasteiger partial charge < -0.3 is 47.1 Å². The van der Waals surface area contributed by atoms with Crippen LogP contribution in [0.4, 0.5) is 0 Å². The zero-order valence-corrected chi connectivity index (χ0v) is 20.8. The van der Waals surface area contributed by atoms with Crippen LogP contribution in [0.15, 0.2) is 30.5 Å². The first-order valence-corrected chi connectivity index (χ1v) is 11.9. The molecule has 1 aromatic heterocycles. The van der Waals surface area contributed by atoms with E-state index in [0.717, 1.165) is 16.5 Å². The fraction of sp³-hybridized carbons (Fsp3) is 0.417. The summed E-state index contributed by atoms with van der Waals surface area (Å²) in [6, 6.07) is 1.49. The second-order valence-electron chi connectivity index (χ2n) is 8.74. The second-order valence-corrected chi connectivity index (χ2v) is 8.74. The zero-order valence-electron chi connectivity index (χ0n) is 20.8. The van der Waals surface area contributed by atoms with Gasteiger partial charge in [-0.1, -0.05) is 18.2 Å². The minimum absolute atomic E-state index is 0.103. The highest BCUT2D eigenvalue weighted by Gasteiger charge is 2.30. The molecule has 10 N–H and O–H groups in total. The average Bonchev–Trinajstić information content (AvgIpc) is 3.29. The van der Waals surface area contributed by atoms with Gasteiger partial charge >= 0.3 is 17.9 Å². The summed E-state index contributed by atoms with van der Waals surface area (Å²) in [5, 5.41) is 44.1. The number of rotatable bonds is 16. The number of aliphatic carboxylic acids is 3. The largest absolute Gasteiger partial charge is 0.481 e. The molecule has 39 heavy (non-hydrogen) atoms. The molecule has 0 radical (unpaired) electrons. The lowest BCUT2D eigenvalue weighted by atomic mass is 10.0. The lowest BCUT2D eigenvalue weighted by Crippen LogP contribution is -2.58. The van der Waals surface area contributed by atoms with Crippen LogP contribution < -0.4 is 21.7 Å². The number of aliphatic hydroxyl groups excluding tert-OH is 1. The summed E-state index contributed by atoms with van der Waals surface area (Å²) in [5.41, 5.74) is 7.59. The van der Waals surface area contributed by atoms with Gasteiger partial charge in [-0.15, -0.1) is 0 Å². The summed E-state index contributed by atoms with van der Waals surface area (Å²) in [5.74, 6) is -7.04. The predicted molar refractivity (Wildman–Crippen MR) is 134 cm³/mol. The van der Waals surface area contributed by atoms with Crippen molar-refractivity contribution in [2.45, 2.75) is 56.3 Å². The Labute approximate surface area is 221 Å². The van der Waals surface area contributed by atoms with Crippen LogP contribution >= 0.6 is 0 Å². The average molecular weight is 550 g/mol. The monoisotopic (exact) mass is 549 g/mol. The Morgan fingerprint density at radius 1 is 0.795 bits per heavy atom. The van der Waals surface area contributed by atoms with Crippen molar-refractivity contribution in [1.29, 1.82) is 0 Å². The molecule has 1 heterocycles. The van der Waals surface area contributed by atoms with E-state index in [0.29, 0.717) is 0 Å². The van der Waals surface area contributed by atoms with E-state index in [4.69, 9.17) is 15.9 Å². The molecular formula is C24H31N5O10. The third kappa shape index (κ3) is 9.39. The van der Waals surface area contributed by atoms with Gasteiger partial charge in [0.05, 0.1) is 12.6 Å². The van der Waals surface area contributed by atoms with Gasteiger partial charge in [-0.2, -0.15) is 0 Å². The van der Waals surface area contributed by atoms with Crippen LogP contribution in [0.5, 0.6) is 0 Å². The van der Waals surface area contributed by atoms with Gasteiger partial charge in [0.15, 0.2) is 0 Å². The van der Waals surface area contributed by atoms with Crippen molar-refractivity contribution in [3.8, 4) is 0 Å². The minimum atomic E-state index is -1.62. The molecule has 0 aliphatic rings. The number of carboxylic acid groups (broad SMARTS) is 3. The number of carbonyl (C=O) groups excluding carboxylic acids is 3. The molecule has 212 valence electrons. The summed E-state index contributed by atoms with van der Waals surface area (Å²) in [4.78, 5) is 74.3. The van der Waals surface area contributed by atoms with Gasteiger partial charge in [0.2, 0.25) is 17.7 Å². The lowest BCUT2D eigenvalue weighted by Gasteiger charge is -2.24. The highest BCUT2D eigenvalue weighted by Crippen LogP contribution is 2.18. The number of amides is 3. The molecule has 0 saturated carbocycles. The molecule has 15 heteroatoms. The Balaban J connectivity index is 2.06. The number of hydrogen-bond donors (Lipinski definition) is 9. The summed E-state index contributed by atoms with van der Waals surface area (Å²) >= 11 is 0. The SMILES string of the molecule is NC(Cc1c[nH]c2ccccc12)C(=O)NC(CO)C(=O)NC(CCC(=O)O)C(=O)NC(CCC(=O)O)C(=O)O. The quantitative estimate of drug-likeness (QED) is 0.114. The van der Waals surface area contributed by atoms with E-state index in [2.05, 4.69) is 20.9 Å². The maximum atomic E-state index is 12.8. The maximum absolute atomic E-state index is 12.8. The highest BCUT2D eigenvalue weighted by atomic mass is 16.4. The predicted octanol–water partition coefficient (Wildman–Crippen LogP) is -1.70. The zero-order chi connectivity index (χ0) is 29.1. The number of benzene rings is 1. The van der Waals surface area contributed by atoms with E-state index >= 15 is 0 Å². The van der Waals surface area contributed by atoms with Gasteiger partial charge in [0.25, 0.3) is 0 Å². The fourth-order valence-corrected chi connectivity index (χ4v) is 3.71. The lowest BCUT2D eigenvalue weighted by molar-refractivity contribution is -0.144. The molecule has 15 nitrogen and oxygen atoms in total. The number of fused-ring (bicyclic) bond motifs is 1. The minimum Gasteiger partial charge on any atom is -0.481 e. The van der Waals surface area contributed by atoms with E-state index in [-0.39, 0.29) is 6.42 Å². The summed E-state index contributed by atoms with van der Waals surface area (Å²) in [6.45, 7) is -0.888. The molecule has 0 aliphatic carbocycles. The van der Waals surface area contributed by atoms with E-state index in [1.165, 1.54) is 0 Å². The number of carbonyl (C=O) groups is 6. The summed E-state index contributed by atoms with van der Waals surface area (Å²) in [6.07, 6.45) is -0.269. The number of aliphatic hydroxyl groups is 1. The van der Waals surface area contributed by atoms with Gasteiger partial charge in [-0.3, -0.25) is 24.0 Å². The van der Waals surface area contributed by atoms with E-state index in [1.807, 2.05) is 24.3 Å². The molecule has 0 bridgehead atoms. The molecule has 2 rings (SSSR count). The molecule has 0 aliphatic heterocycles. The van der Waals surface area contributed by atoms with Crippen LogP contribution in [0.2, 0.25) is 0 Å². The van der Waals surface area contributed by atoms with Crippen molar-refractivity contribution < 1.29 is 49.2 Å². The fourth-order valence-electron chi connectivity index (χ4n) is 3.71. The van der Waals surface area contributed by atoms with Crippen molar-refractivity contribution in [3.05, 3.63) is 36.0 Å². The molecule has 0 fully saturated rings. The van der Waals surface area contributed by atoms with E-state index < -0.39 is 92.1 Å². The Morgan fingerprint density at radius 3 is 1.92 bits per heavy atom. The molecule has 4 atom stereocenters. The van der Waals surface area contributed by atoms with Crippen molar-refractivity contribution >= 4 is 46.5 Å². The molecule has 3 amide bonds. The van der Waals surface area contributed by atoms with Crippen LogP contribution in [0.3, 0.4) is 0 Å². The number of para-hydroxylation sites is 1. The standard InChI is InChI=1S/C24H31N5O10/c25-14(9-12-10-26-15-4-2-1-3-13(12)15)21(35)29-18(11-30)23(37)27-16(5-7-19(31)32)22(36)28-17(24(38)39)6-8-20(33)34/h1-4,10,14,16-18,26,30H,5-9,11,25H2,(H,27,37)(H,28,36)(H,29,35)(H,31,32)(H,33,34)(H,38,39). The molecule has 0 spiro atoms. The molecule has 0 saturated heterocycles. The molecule has 4 unspecified atom stereocenters. The summed E-state index contributed by atoms with van der Waals surface area (Å²) in [7, 11) is 0. The first-order valence-electron chi connectivity index (χ1n) is 11.9. The Morgan fingerprint density at radius 2 is 1.33 bits per heavy atom. The molecular weight excluding hydrogens is 518 g/mol. The number of hydrogen-bond acceptors (Lipinski definition) is 8. The van der Waals surface area contributed by atoms with E-state index in [1.54, 1.807) is 6.20 Å². The van der Waals surface area contributed by atoms with Crippen LogP contribution in [0.25, 0.3) is 10.9 Å². The maximum Gasteiger partial charge on any atom is 0.326 e. The van der Waals surface area contributed by atoms with Gasteiger partial charge in [-0.25, -0.2) is 4.79 Å². The van der Waals surface area contributed by atoms with Gasteiger partial charge in [-0.05, 0) is 30.9 Å². The van der Waals surface area contributed by atoms with Gasteiger partial charge in [0.1, 0.15) is 18.1 Å². The smallest absolute Gasteiger partial charge is 0.326 e. The number of H-pyrrole nitrogens is 1. The van der Waals surface area contributed by atoms with Crippen LogP contribution in [-0.4, -0.2) is 91.8 Å². The number of nitrogens with two attached hydrogens (primary N) is 1. The van der Waals surface area contributed by atoms with Crippen molar-refractivity contribution in [2.75, 3.05) is 6.61 Å². The van der Waals surface area contributed by atoms with Gasteiger partial charge in [0, 0.05) is 29.9 Å². The number of aromatic nitrogens is 1.